The SMILES string of the molecule is CCCCCCCCCCCCCC/C=C\OC[C@@H](O)COP(=O)(O)OC[C@H](N)C(=O)O. The predicted octanol–water partition coefficient (Wildman–Crippen LogP) is 4.51. The van der Waals surface area contributed by atoms with Gasteiger partial charge in [-0.3, -0.25) is 13.8 Å². The molecule has 0 aliphatic heterocycles. The second-order valence-corrected chi connectivity index (χ2v) is 9.50. The number of allylic oxidation sites excluding steroid dienone is 1. The molecule has 0 aliphatic rings. The summed E-state index contributed by atoms with van der Waals surface area (Å²) < 4.78 is 25.8. The van der Waals surface area contributed by atoms with Crippen molar-refractivity contribution in [2.45, 2.75) is 103 Å². The summed E-state index contributed by atoms with van der Waals surface area (Å²) in [6.07, 6.45) is 18.8. The smallest absolute Gasteiger partial charge is 0.472 e. The number of phosphoric acid groups is 1. The van der Waals surface area contributed by atoms with Gasteiger partial charge in [0.2, 0.25) is 0 Å². The van der Waals surface area contributed by atoms with Crippen LogP contribution in [0.4, 0.5) is 0 Å². The number of carboxylic acids is 1. The molecule has 5 N–H and O–H groups in total. The summed E-state index contributed by atoms with van der Waals surface area (Å²) in [6.45, 7) is 0.956. The third kappa shape index (κ3) is 20.9. The number of unbranched alkanes of at least 4 members (excludes halogenated alkanes) is 12. The van der Waals surface area contributed by atoms with E-state index >= 15 is 0 Å². The maximum Gasteiger partial charge on any atom is 0.472 e. The Balaban J connectivity index is 3.53. The van der Waals surface area contributed by atoms with E-state index in [2.05, 4.69) is 16.0 Å². The van der Waals surface area contributed by atoms with Gasteiger partial charge in [-0.2, -0.15) is 0 Å². The van der Waals surface area contributed by atoms with Crippen LogP contribution in [0.3, 0.4) is 0 Å². The maximum atomic E-state index is 11.6. The number of hydrogen-bond donors (Lipinski definition) is 4. The van der Waals surface area contributed by atoms with E-state index in [0.717, 1.165) is 12.8 Å². The minimum Gasteiger partial charge on any atom is -0.499 e. The summed E-state index contributed by atoms with van der Waals surface area (Å²) in [5.74, 6) is -1.37. The van der Waals surface area contributed by atoms with Gasteiger partial charge in [0.1, 0.15) is 18.8 Å². The summed E-state index contributed by atoms with van der Waals surface area (Å²) in [4.78, 5) is 19.9. The van der Waals surface area contributed by atoms with E-state index in [0.29, 0.717) is 0 Å². The van der Waals surface area contributed by atoms with E-state index in [4.69, 9.17) is 15.6 Å². The number of phosphoric ester groups is 1. The Morgan fingerprint density at radius 1 is 0.906 bits per heavy atom. The number of aliphatic hydroxyl groups is 1. The second kappa shape index (κ2) is 20.6. The minimum absolute atomic E-state index is 0.108. The molecule has 0 aromatic rings. The Bertz CT molecular complexity index is 532. The van der Waals surface area contributed by atoms with E-state index in [-0.39, 0.29) is 6.61 Å². The zero-order valence-electron chi connectivity index (χ0n) is 19.5. The van der Waals surface area contributed by atoms with Crippen LogP contribution >= 0.6 is 7.82 Å². The monoisotopic (exact) mass is 481 g/mol. The van der Waals surface area contributed by atoms with Gasteiger partial charge in [0.05, 0.1) is 19.5 Å². The van der Waals surface area contributed by atoms with Crippen molar-refractivity contribution in [1.29, 1.82) is 0 Å². The molecule has 1 unspecified atom stereocenters. The number of aliphatic hydroxyl groups excluding tert-OH is 1. The van der Waals surface area contributed by atoms with Gasteiger partial charge in [-0.25, -0.2) is 4.57 Å². The molecule has 0 rings (SSSR count). The molecule has 0 spiro atoms. The Labute approximate surface area is 192 Å². The van der Waals surface area contributed by atoms with Crippen LogP contribution < -0.4 is 5.73 Å². The van der Waals surface area contributed by atoms with Gasteiger partial charge in [0, 0.05) is 0 Å². The lowest BCUT2D eigenvalue weighted by molar-refractivity contribution is -0.139. The molecule has 0 fully saturated rings. The normalized spacial score (nSPS) is 15.5. The Morgan fingerprint density at radius 2 is 1.41 bits per heavy atom. The number of aliphatic carboxylic acids is 1. The van der Waals surface area contributed by atoms with Crippen LogP contribution in [0.2, 0.25) is 0 Å². The molecule has 0 radical (unpaired) electrons. The summed E-state index contributed by atoms with van der Waals surface area (Å²) in [6, 6.07) is -1.44. The van der Waals surface area contributed by atoms with Gasteiger partial charge in [-0.05, 0) is 18.9 Å². The van der Waals surface area contributed by atoms with Crippen LogP contribution in [0.25, 0.3) is 0 Å². The van der Waals surface area contributed by atoms with Gasteiger partial charge in [0.25, 0.3) is 0 Å². The molecular weight excluding hydrogens is 437 g/mol. The topological polar surface area (TPSA) is 149 Å². The van der Waals surface area contributed by atoms with Crippen molar-refractivity contribution in [3.05, 3.63) is 12.3 Å². The second-order valence-electron chi connectivity index (χ2n) is 8.04. The molecule has 0 heterocycles. The van der Waals surface area contributed by atoms with Gasteiger partial charge < -0.3 is 25.6 Å². The predicted molar refractivity (Wildman–Crippen MR) is 124 cm³/mol. The first-order chi connectivity index (χ1) is 15.3. The number of carbonyl (C=O) groups is 1. The van der Waals surface area contributed by atoms with Crippen LogP contribution in [0.1, 0.15) is 90.4 Å². The summed E-state index contributed by atoms with van der Waals surface area (Å²) in [7, 11) is -4.49. The van der Waals surface area contributed by atoms with Crippen LogP contribution in [-0.4, -0.2) is 53.0 Å². The molecule has 0 saturated carbocycles. The van der Waals surface area contributed by atoms with E-state index < -0.39 is 39.2 Å². The molecule has 190 valence electrons. The first-order valence-electron chi connectivity index (χ1n) is 11.8. The average Bonchev–Trinajstić information content (AvgIpc) is 2.75. The van der Waals surface area contributed by atoms with Gasteiger partial charge >= 0.3 is 13.8 Å². The Hall–Kier alpha value is -0.960. The van der Waals surface area contributed by atoms with Gasteiger partial charge in [0.15, 0.2) is 0 Å². The highest BCUT2D eigenvalue weighted by Gasteiger charge is 2.25. The van der Waals surface area contributed by atoms with Crippen molar-refractivity contribution in [2.75, 3.05) is 19.8 Å². The van der Waals surface area contributed by atoms with E-state index in [1.54, 1.807) is 0 Å². The fourth-order valence-corrected chi connectivity index (χ4v) is 3.70. The minimum atomic E-state index is -4.49. The van der Waals surface area contributed by atoms with Crippen molar-refractivity contribution < 1.29 is 38.3 Å². The van der Waals surface area contributed by atoms with E-state index in [1.807, 2.05) is 6.08 Å². The Morgan fingerprint density at radius 3 is 1.94 bits per heavy atom. The first kappa shape index (κ1) is 31.0. The molecule has 0 aromatic heterocycles. The number of ether oxygens (including phenoxy) is 1. The molecular formula is C22H44NO8P. The van der Waals surface area contributed by atoms with Crippen LogP contribution in [-0.2, 0) is 23.1 Å². The fraction of sp³-hybridized carbons (Fsp3) is 0.864. The van der Waals surface area contributed by atoms with Crippen molar-refractivity contribution in [1.82, 2.24) is 0 Å². The van der Waals surface area contributed by atoms with Gasteiger partial charge in [-0.15, -0.1) is 0 Å². The van der Waals surface area contributed by atoms with Gasteiger partial charge in [-0.1, -0.05) is 77.6 Å². The highest BCUT2D eigenvalue weighted by Crippen LogP contribution is 2.43. The highest BCUT2D eigenvalue weighted by molar-refractivity contribution is 7.47. The van der Waals surface area contributed by atoms with Crippen LogP contribution in [0, 0.1) is 0 Å². The number of rotatable bonds is 23. The fourth-order valence-electron chi connectivity index (χ4n) is 2.92. The largest absolute Gasteiger partial charge is 0.499 e. The Kier molecular flexibility index (Phi) is 20.0. The molecule has 9 nitrogen and oxygen atoms in total. The molecule has 0 saturated heterocycles. The quantitative estimate of drug-likeness (QED) is 0.0939. The zero-order valence-corrected chi connectivity index (χ0v) is 20.4. The molecule has 0 aliphatic carbocycles. The summed E-state index contributed by atoms with van der Waals surface area (Å²) in [5, 5.41) is 18.3. The third-order valence-corrected chi connectivity index (χ3v) is 5.82. The first-order valence-corrected chi connectivity index (χ1v) is 13.3. The highest BCUT2D eigenvalue weighted by atomic mass is 31.2. The molecule has 0 bridgehead atoms. The third-order valence-electron chi connectivity index (χ3n) is 4.87. The summed E-state index contributed by atoms with van der Waals surface area (Å²) >= 11 is 0. The zero-order chi connectivity index (χ0) is 24.1. The van der Waals surface area contributed by atoms with E-state index in [1.165, 1.54) is 76.9 Å². The average molecular weight is 482 g/mol. The van der Waals surface area contributed by atoms with Crippen LogP contribution in [0.15, 0.2) is 12.3 Å². The molecule has 3 atom stereocenters. The van der Waals surface area contributed by atoms with Crippen LogP contribution in [0.5, 0.6) is 0 Å². The molecule has 0 aromatic carbocycles. The number of nitrogens with two attached hydrogens (primary N) is 1. The summed E-state index contributed by atoms with van der Waals surface area (Å²) in [5.41, 5.74) is 5.16. The molecule has 10 heteroatoms. The van der Waals surface area contributed by atoms with Crippen molar-refractivity contribution in [3.8, 4) is 0 Å². The lowest BCUT2D eigenvalue weighted by Gasteiger charge is -2.16. The van der Waals surface area contributed by atoms with Crippen molar-refractivity contribution in [3.63, 3.8) is 0 Å². The lowest BCUT2D eigenvalue weighted by atomic mass is 10.0. The standard InChI is InChI=1S/C22H44NO8P/c1-2-3-4-5-6-7-8-9-10-11-12-13-14-15-16-29-17-20(24)18-30-32(27,28)31-19-21(23)22(25)26/h15-16,20-21,24H,2-14,17-19,23H2,1H3,(H,25,26)(H,27,28)/b16-15-/t20-,21+/m1/s1. The van der Waals surface area contributed by atoms with Crippen molar-refractivity contribution >= 4 is 13.8 Å². The lowest BCUT2D eigenvalue weighted by Crippen LogP contribution is -2.34. The number of carboxylic acid groups (broad SMARTS) is 1. The van der Waals surface area contributed by atoms with E-state index in [9.17, 15) is 19.4 Å². The molecule has 0 amide bonds. The maximum absolute atomic E-state index is 11.6. The van der Waals surface area contributed by atoms with Crippen molar-refractivity contribution in [2.24, 2.45) is 5.73 Å². The number of hydrogen-bond acceptors (Lipinski definition) is 7. The molecule has 32 heavy (non-hydrogen) atoms.